The highest BCUT2D eigenvalue weighted by molar-refractivity contribution is 7.89. The Morgan fingerprint density at radius 3 is 1.61 bits per heavy atom. The molecular formula is C37H40N2O5S2. The van der Waals surface area contributed by atoms with Gasteiger partial charge in [0.2, 0.25) is 20.0 Å². The van der Waals surface area contributed by atoms with Crippen molar-refractivity contribution in [3.63, 3.8) is 0 Å². The molecule has 9 heteroatoms. The molecule has 0 radical (unpaired) electrons. The lowest BCUT2D eigenvalue weighted by molar-refractivity contribution is -0.132. The lowest BCUT2D eigenvalue weighted by atomic mass is 9.77. The zero-order chi connectivity index (χ0) is 32.8. The molecule has 2 heterocycles. The van der Waals surface area contributed by atoms with E-state index < -0.39 is 44.1 Å². The van der Waals surface area contributed by atoms with Gasteiger partial charge in [-0.15, -0.1) is 0 Å². The molecule has 0 N–H and O–H groups in total. The topological polar surface area (TPSA) is 91.8 Å². The number of aryl methyl sites for hydroxylation is 4. The number of carbonyl (C=O) groups excluding carboxylic acids is 1. The van der Waals surface area contributed by atoms with Gasteiger partial charge in [-0.05, 0) is 74.6 Å². The van der Waals surface area contributed by atoms with Gasteiger partial charge in [-0.1, -0.05) is 96.4 Å². The van der Waals surface area contributed by atoms with Crippen LogP contribution in [0.4, 0.5) is 0 Å². The molecule has 2 fully saturated rings. The Balaban J connectivity index is 1.51. The third kappa shape index (κ3) is 5.97. The second-order valence-electron chi connectivity index (χ2n) is 12.7. The third-order valence-electron chi connectivity index (χ3n) is 9.55. The van der Waals surface area contributed by atoms with Crippen molar-refractivity contribution in [1.82, 2.24) is 8.61 Å². The Kier molecular flexibility index (Phi) is 8.80. The van der Waals surface area contributed by atoms with E-state index in [2.05, 4.69) is 6.92 Å². The second-order valence-corrected chi connectivity index (χ2v) is 16.4. The van der Waals surface area contributed by atoms with Crippen LogP contribution in [0.3, 0.4) is 0 Å². The van der Waals surface area contributed by atoms with Gasteiger partial charge in [-0.3, -0.25) is 4.79 Å². The van der Waals surface area contributed by atoms with E-state index in [0.717, 1.165) is 39.8 Å². The van der Waals surface area contributed by atoms with Crippen molar-refractivity contribution in [1.29, 1.82) is 0 Å². The molecule has 4 atom stereocenters. The minimum atomic E-state index is -4.09. The van der Waals surface area contributed by atoms with Crippen molar-refractivity contribution < 1.29 is 21.6 Å². The molecule has 7 nitrogen and oxygen atoms in total. The summed E-state index contributed by atoms with van der Waals surface area (Å²) in [6.45, 7) is 7.71. The monoisotopic (exact) mass is 656 g/mol. The van der Waals surface area contributed by atoms with Crippen LogP contribution in [-0.2, 0) is 31.3 Å². The normalized spacial score (nSPS) is 22.8. The predicted octanol–water partition coefficient (Wildman–Crippen LogP) is 6.70. The zero-order valence-corrected chi connectivity index (χ0v) is 28.3. The van der Waals surface area contributed by atoms with Crippen LogP contribution in [0.25, 0.3) is 0 Å². The number of hydrogen-bond donors (Lipinski definition) is 0. The van der Waals surface area contributed by atoms with Gasteiger partial charge in [0.05, 0.1) is 21.9 Å². The number of sulfonamides is 2. The van der Waals surface area contributed by atoms with Gasteiger partial charge in [-0.2, -0.15) is 8.61 Å². The molecule has 0 bridgehead atoms. The van der Waals surface area contributed by atoms with Gasteiger partial charge >= 0.3 is 0 Å². The average molecular weight is 657 g/mol. The van der Waals surface area contributed by atoms with E-state index in [-0.39, 0.29) is 35.0 Å². The quantitative estimate of drug-likeness (QED) is 0.221. The summed E-state index contributed by atoms with van der Waals surface area (Å²) in [5, 5.41) is 0. The number of Topliss-reactive ketones (excluding diaryl/α,β-unsaturated/α-hetero) is 1. The molecule has 0 aromatic heterocycles. The molecule has 0 amide bonds. The molecule has 2 aliphatic heterocycles. The summed E-state index contributed by atoms with van der Waals surface area (Å²) in [4.78, 5) is 14.4. The summed E-state index contributed by atoms with van der Waals surface area (Å²) in [5.41, 5.74) is 5.52. The molecule has 0 spiro atoms. The van der Waals surface area contributed by atoms with E-state index in [0.29, 0.717) is 0 Å². The first-order valence-corrected chi connectivity index (χ1v) is 18.6. The summed E-state index contributed by atoms with van der Waals surface area (Å²) in [6, 6.07) is 26.8. The Morgan fingerprint density at radius 1 is 0.630 bits per heavy atom. The molecule has 46 heavy (non-hydrogen) atoms. The SMILES string of the molecule is CCc1ccc(C2C[C@H]3[C@@H](CN2S(=O)(=O)c2ccc(C)cc2)C(=O)CC(c2ccc(C)cc2)N3S(=O)(=O)c2ccc(C)cc2)cc1. The van der Waals surface area contributed by atoms with Crippen molar-refractivity contribution >= 4 is 25.8 Å². The molecule has 2 saturated heterocycles. The molecule has 240 valence electrons. The molecular weight excluding hydrogens is 617 g/mol. The molecule has 0 aliphatic carbocycles. The summed E-state index contributed by atoms with van der Waals surface area (Å²) in [6.07, 6.45) is 0.931. The van der Waals surface area contributed by atoms with Gasteiger partial charge in [0.25, 0.3) is 0 Å². The van der Waals surface area contributed by atoms with Crippen LogP contribution in [0.15, 0.2) is 107 Å². The van der Waals surface area contributed by atoms with Crippen LogP contribution < -0.4 is 0 Å². The number of rotatable bonds is 7. The van der Waals surface area contributed by atoms with E-state index in [9.17, 15) is 21.6 Å². The highest BCUT2D eigenvalue weighted by Crippen LogP contribution is 2.48. The average Bonchev–Trinajstić information content (AvgIpc) is 3.05. The largest absolute Gasteiger partial charge is 0.299 e. The van der Waals surface area contributed by atoms with Gasteiger partial charge in [0.1, 0.15) is 5.78 Å². The molecule has 4 aromatic rings. The maximum atomic E-state index is 14.7. The van der Waals surface area contributed by atoms with Crippen molar-refractivity contribution in [3.05, 3.63) is 130 Å². The number of carbonyl (C=O) groups is 1. The maximum Gasteiger partial charge on any atom is 0.243 e. The van der Waals surface area contributed by atoms with Gasteiger partial charge in [-0.25, -0.2) is 16.8 Å². The highest BCUT2D eigenvalue weighted by Gasteiger charge is 2.54. The molecule has 2 unspecified atom stereocenters. The van der Waals surface area contributed by atoms with Gasteiger partial charge < -0.3 is 0 Å². The minimum Gasteiger partial charge on any atom is -0.299 e. The van der Waals surface area contributed by atoms with Crippen molar-refractivity contribution in [3.8, 4) is 0 Å². The van der Waals surface area contributed by atoms with Gasteiger partial charge in [0.15, 0.2) is 0 Å². The van der Waals surface area contributed by atoms with E-state index >= 15 is 0 Å². The highest BCUT2D eigenvalue weighted by atomic mass is 32.2. The summed E-state index contributed by atoms with van der Waals surface area (Å²) < 4.78 is 60.9. The van der Waals surface area contributed by atoms with E-state index in [1.165, 1.54) is 8.61 Å². The van der Waals surface area contributed by atoms with Crippen LogP contribution in [-0.4, -0.2) is 43.8 Å². The Bertz CT molecular complexity index is 1940. The number of fused-ring (bicyclic) bond motifs is 1. The van der Waals surface area contributed by atoms with Crippen molar-refractivity contribution in [2.75, 3.05) is 6.54 Å². The Labute approximate surface area is 273 Å². The first-order valence-electron chi connectivity index (χ1n) is 15.8. The van der Waals surface area contributed by atoms with E-state index in [1.54, 1.807) is 48.5 Å². The summed E-state index contributed by atoms with van der Waals surface area (Å²) >= 11 is 0. The second kappa shape index (κ2) is 12.5. The predicted molar refractivity (Wildman–Crippen MR) is 179 cm³/mol. The van der Waals surface area contributed by atoms with Crippen molar-refractivity contribution in [2.45, 2.75) is 74.9 Å². The molecule has 2 aliphatic rings. The zero-order valence-electron chi connectivity index (χ0n) is 26.6. The van der Waals surface area contributed by atoms with Crippen LogP contribution in [0.2, 0.25) is 0 Å². The number of benzene rings is 4. The third-order valence-corrected chi connectivity index (χ3v) is 13.4. The number of piperidine rings is 2. The van der Waals surface area contributed by atoms with Crippen LogP contribution >= 0.6 is 0 Å². The van der Waals surface area contributed by atoms with Crippen LogP contribution in [0.1, 0.15) is 65.2 Å². The van der Waals surface area contributed by atoms with Crippen LogP contribution in [0, 0.1) is 26.7 Å². The Morgan fingerprint density at radius 2 is 1.09 bits per heavy atom. The first-order chi connectivity index (χ1) is 21.9. The molecule has 6 rings (SSSR count). The van der Waals surface area contributed by atoms with E-state index in [4.69, 9.17) is 0 Å². The lowest BCUT2D eigenvalue weighted by Gasteiger charge is -2.51. The fourth-order valence-electron chi connectivity index (χ4n) is 6.83. The minimum absolute atomic E-state index is 0.0381. The molecule has 4 aromatic carbocycles. The first kappa shape index (κ1) is 32.3. The number of ketones is 1. The van der Waals surface area contributed by atoms with E-state index in [1.807, 2.05) is 69.3 Å². The smallest absolute Gasteiger partial charge is 0.243 e. The fraction of sp³-hybridized carbons (Fsp3) is 0.324. The Hall–Kier alpha value is -3.63. The number of hydrogen-bond acceptors (Lipinski definition) is 5. The maximum absolute atomic E-state index is 14.7. The molecule has 0 saturated carbocycles. The number of nitrogens with zero attached hydrogens (tertiary/aromatic N) is 2. The fourth-order valence-corrected chi connectivity index (χ4v) is 10.3. The summed E-state index contributed by atoms with van der Waals surface area (Å²) in [5.74, 6) is -0.955. The van der Waals surface area contributed by atoms with Crippen molar-refractivity contribution in [2.24, 2.45) is 5.92 Å². The summed E-state index contributed by atoms with van der Waals surface area (Å²) in [7, 11) is -8.13. The van der Waals surface area contributed by atoms with Gasteiger partial charge in [0, 0.05) is 24.9 Å². The standard InChI is InChI=1S/C37H40N2O5S2/c1-5-28-12-16-29(17-13-28)34-22-36-33(24-38(34)45(41,42)31-18-8-26(3)9-19-31)37(40)23-35(30-14-6-25(2)7-15-30)39(36)46(43,44)32-20-10-27(4)11-21-32/h6-21,33-36H,5,22-24H2,1-4H3/t33-,34?,35?,36+/m1/s1. The van der Waals surface area contributed by atoms with Crippen LogP contribution in [0.5, 0.6) is 0 Å². The lowest BCUT2D eigenvalue weighted by Crippen LogP contribution is -2.60.